The molecule has 1 aromatic heterocycles. The zero-order chi connectivity index (χ0) is 13.1. The Kier molecular flexibility index (Phi) is 2.96. The van der Waals surface area contributed by atoms with Crippen LogP contribution in [0.5, 0.6) is 5.75 Å². The average molecular weight is 247 g/mol. The van der Waals surface area contributed by atoms with Crippen molar-refractivity contribution in [3.05, 3.63) is 40.2 Å². The molecule has 0 spiro atoms. The maximum atomic E-state index is 11.9. The van der Waals surface area contributed by atoms with Gasteiger partial charge in [-0.25, -0.2) is 10.2 Å². The van der Waals surface area contributed by atoms with Gasteiger partial charge in [-0.15, -0.1) is 0 Å². The number of hydrogen-bond acceptors (Lipinski definition) is 5. The van der Waals surface area contributed by atoms with Gasteiger partial charge in [0, 0.05) is 6.07 Å². The maximum Gasteiger partial charge on any atom is 0.332 e. The van der Waals surface area contributed by atoms with Crippen molar-refractivity contribution < 1.29 is 14.3 Å². The minimum Gasteiger partial charge on any atom is -0.508 e. The highest BCUT2D eigenvalue weighted by Gasteiger charge is 2.05. The molecule has 0 saturated heterocycles. The third kappa shape index (κ3) is 2.29. The number of primary amides is 1. The number of hydrazone groups is 1. The first-order valence-electron chi connectivity index (χ1n) is 4.91. The third-order valence-electron chi connectivity index (χ3n) is 2.16. The molecule has 0 bridgehead atoms. The van der Waals surface area contributed by atoms with Crippen molar-refractivity contribution in [2.75, 3.05) is 0 Å². The van der Waals surface area contributed by atoms with E-state index >= 15 is 0 Å². The fourth-order valence-electron chi connectivity index (χ4n) is 1.39. The molecule has 4 N–H and O–H groups in total. The first-order valence-corrected chi connectivity index (χ1v) is 4.91. The molecule has 0 fully saturated rings. The van der Waals surface area contributed by atoms with Crippen molar-refractivity contribution in [2.24, 2.45) is 10.8 Å². The van der Waals surface area contributed by atoms with E-state index in [1.165, 1.54) is 24.5 Å². The summed E-state index contributed by atoms with van der Waals surface area (Å²) in [5.74, 6) is 0.00228. The minimum absolute atomic E-state index is 0.00228. The Hall–Kier alpha value is -2.83. The number of aromatic hydroxyl groups is 1. The molecule has 2 aromatic rings. The summed E-state index contributed by atoms with van der Waals surface area (Å²) in [7, 11) is 0. The van der Waals surface area contributed by atoms with Gasteiger partial charge in [-0.3, -0.25) is 4.79 Å². The van der Waals surface area contributed by atoms with Crippen molar-refractivity contribution in [3.63, 3.8) is 0 Å². The molecule has 0 unspecified atom stereocenters. The fourth-order valence-corrected chi connectivity index (χ4v) is 1.39. The van der Waals surface area contributed by atoms with Crippen LogP contribution >= 0.6 is 0 Å². The number of urea groups is 1. The number of carbonyl (C=O) groups is 1. The van der Waals surface area contributed by atoms with E-state index in [9.17, 15) is 14.7 Å². The number of rotatable bonds is 2. The minimum atomic E-state index is -0.832. The largest absolute Gasteiger partial charge is 0.508 e. The number of benzene rings is 1. The van der Waals surface area contributed by atoms with Crippen LogP contribution in [0.1, 0.15) is 5.56 Å². The zero-order valence-electron chi connectivity index (χ0n) is 9.08. The summed E-state index contributed by atoms with van der Waals surface area (Å²) < 4.78 is 5.17. The Bertz CT molecular complexity index is 690. The number of nitrogens with one attached hydrogen (secondary N) is 1. The van der Waals surface area contributed by atoms with Gasteiger partial charge in [-0.05, 0) is 12.1 Å². The molecule has 92 valence electrons. The predicted molar refractivity (Wildman–Crippen MR) is 64.5 cm³/mol. The number of phenolic OH excluding ortho intramolecular Hbond substituents is 1. The Balaban J connectivity index is 2.45. The molecule has 0 radical (unpaired) electrons. The molecule has 0 aliphatic rings. The summed E-state index contributed by atoms with van der Waals surface area (Å²) in [6.07, 6.45) is 2.30. The van der Waals surface area contributed by atoms with E-state index in [2.05, 4.69) is 5.10 Å². The van der Waals surface area contributed by atoms with Crippen molar-refractivity contribution >= 4 is 23.2 Å². The Morgan fingerprint density at radius 1 is 1.50 bits per heavy atom. The van der Waals surface area contributed by atoms with Crippen LogP contribution in [-0.2, 0) is 0 Å². The van der Waals surface area contributed by atoms with Crippen LogP contribution in [0.25, 0.3) is 11.0 Å². The highest BCUT2D eigenvalue weighted by atomic mass is 16.3. The summed E-state index contributed by atoms with van der Waals surface area (Å²) >= 11 is 0. The van der Waals surface area contributed by atoms with Gasteiger partial charge in [-0.1, -0.05) is 0 Å². The molecular formula is C11H9N3O4. The summed E-state index contributed by atoms with van der Waals surface area (Å²) in [6.45, 7) is 0. The molecule has 0 aliphatic heterocycles. The molecule has 7 heteroatoms. The zero-order valence-corrected chi connectivity index (χ0v) is 9.08. The van der Waals surface area contributed by atoms with Gasteiger partial charge in [0.15, 0.2) is 0 Å². The topological polar surface area (TPSA) is 118 Å². The molecule has 0 atom stereocenters. The molecular weight excluding hydrogens is 238 g/mol. The average Bonchev–Trinajstić information content (AvgIpc) is 2.31. The number of amides is 2. The van der Waals surface area contributed by atoms with E-state index in [0.29, 0.717) is 5.39 Å². The predicted octanol–water partition coefficient (Wildman–Crippen LogP) is 0.501. The molecule has 2 amide bonds. The summed E-state index contributed by atoms with van der Waals surface area (Å²) in [4.78, 5) is 22.3. The number of carbonyl (C=O) groups excluding carboxylic acids is 1. The van der Waals surface area contributed by atoms with Crippen molar-refractivity contribution in [3.8, 4) is 5.75 Å². The van der Waals surface area contributed by atoms with Crippen molar-refractivity contribution in [1.29, 1.82) is 0 Å². The van der Waals surface area contributed by atoms with Crippen LogP contribution in [-0.4, -0.2) is 17.4 Å². The summed E-state index contributed by atoms with van der Waals surface area (Å²) in [6, 6.07) is 3.32. The Morgan fingerprint density at radius 3 is 3.00 bits per heavy atom. The van der Waals surface area contributed by atoms with E-state index in [-0.39, 0.29) is 22.3 Å². The van der Waals surface area contributed by atoms with Gasteiger partial charge in [0.1, 0.15) is 17.6 Å². The standard InChI is InChI=1S/C11H9N3O4/c12-11(17)14-13-4-6-5-18-9-3-7(15)1-2-8(9)10(6)16/h1-5,15H,(H3,12,14,17)/b13-4+. The molecule has 0 aliphatic carbocycles. The number of fused-ring (bicyclic) bond motifs is 1. The van der Waals surface area contributed by atoms with Crippen molar-refractivity contribution in [2.45, 2.75) is 0 Å². The fraction of sp³-hybridized carbons (Fsp3) is 0. The second kappa shape index (κ2) is 4.58. The third-order valence-corrected chi connectivity index (χ3v) is 2.16. The Morgan fingerprint density at radius 2 is 2.28 bits per heavy atom. The second-order valence-corrected chi connectivity index (χ2v) is 3.43. The lowest BCUT2D eigenvalue weighted by molar-refractivity contribution is 0.249. The summed E-state index contributed by atoms with van der Waals surface area (Å²) in [5.41, 5.74) is 6.87. The highest BCUT2D eigenvalue weighted by molar-refractivity contribution is 5.87. The first-order chi connectivity index (χ1) is 8.58. The van der Waals surface area contributed by atoms with E-state index in [1.807, 2.05) is 5.43 Å². The van der Waals surface area contributed by atoms with E-state index in [0.717, 1.165) is 6.21 Å². The van der Waals surface area contributed by atoms with Crippen LogP contribution in [0, 0.1) is 0 Å². The smallest absolute Gasteiger partial charge is 0.332 e. The molecule has 2 rings (SSSR count). The van der Waals surface area contributed by atoms with E-state index < -0.39 is 6.03 Å². The van der Waals surface area contributed by atoms with Gasteiger partial charge in [0.2, 0.25) is 5.43 Å². The molecule has 0 saturated carbocycles. The maximum absolute atomic E-state index is 11.9. The monoisotopic (exact) mass is 247 g/mol. The first kappa shape index (κ1) is 11.6. The molecule has 7 nitrogen and oxygen atoms in total. The lowest BCUT2D eigenvalue weighted by Crippen LogP contribution is -2.24. The molecule has 18 heavy (non-hydrogen) atoms. The normalized spacial score (nSPS) is 10.9. The lowest BCUT2D eigenvalue weighted by atomic mass is 10.2. The lowest BCUT2D eigenvalue weighted by Gasteiger charge is -1.98. The van der Waals surface area contributed by atoms with E-state index in [1.54, 1.807) is 0 Å². The van der Waals surface area contributed by atoms with Gasteiger partial charge in [0.25, 0.3) is 0 Å². The number of nitrogens with zero attached hydrogens (tertiary/aromatic N) is 1. The van der Waals surface area contributed by atoms with Crippen molar-refractivity contribution in [1.82, 2.24) is 5.43 Å². The van der Waals surface area contributed by atoms with Crippen LogP contribution in [0.3, 0.4) is 0 Å². The number of nitrogens with two attached hydrogens (primary N) is 1. The van der Waals surface area contributed by atoms with Gasteiger partial charge >= 0.3 is 6.03 Å². The van der Waals surface area contributed by atoms with Crippen LogP contribution in [0.4, 0.5) is 4.79 Å². The van der Waals surface area contributed by atoms with Crippen LogP contribution < -0.4 is 16.6 Å². The van der Waals surface area contributed by atoms with Gasteiger partial charge < -0.3 is 15.3 Å². The highest BCUT2D eigenvalue weighted by Crippen LogP contribution is 2.17. The van der Waals surface area contributed by atoms with E-state index in [4.69, 9.17) is 10.2 Å². The number of hydrogen-bond donors (Lipinski definition) is 3. The Labute approximate surface area is 101 Å². The van der Waals surface area contributed by atoms with Crippen LogP contribution in [0.2, 0.25) is 0 Å². The second-order valence-electron chi connectivity index (χ2n) is 3.43. The molecule has 1 aromatic carbocycles. The SMILES string of the molecule is NC(=O)N/N=C/c1coc2cc(O)ccc2c1=O. The van der Waals surface area contributed by atoms with Gasteiger partial charge in [-0.2, -0.15) is 5.10 Å². The quantitative estimate of drug-likeness (QED) is 0.529. The number of phenols is 1. The molecule has 1 heterocycles. The van der Waals surface area contributed by atoms with Crippen LogP contribution in [0.15, 0.2) is 38.8 Å². The summed E-state index contributed by atoms with van der Waals surface area (Å²) in [5, 5.41) is 13.0. The van der Waals surface area contributed by atoms with Gasteiger partial charge in [0.05, 0.1) is 17.2 Å².